The van der Waals surface area contributed by atoms with Gasteiger partial charge in [0.1, 0.15) is 0 Å². The summed E-state index contributed by atoms with van der Waals surface area (Å²) in [5.41, 5.74) is 5.65. The van der Waals surface area contributed by atoms with E-state index in [9.17, 15) is 0 Å². The maximum Gasteiger partial charge on any atom is 0.0181 e. The first-order valence-corrected chi connectivity index (χ1v) is 15.8. The molecule has 206 valence electrons. The maximum atomic E-state index is 4.25. The lowest BCUT2D eigenvalue weighted by molar-refractivity contribution is 0.526. The minimum Gasteiger partial charge on any atom is -0.388 e. The number of nitrogens with one attached hydrogen (secondary N) is 1. The van der Waals surface area contributed by atoms with E-state index in [4.69, 9.17) is 0 Å². The van der Waals surface area contributed by atoms with Crippen LogP contribution in [0, 0.1) is 0 Å². The minimum absolute atomic E-state index is 1.03. The lowest BCUT2D eigenvalue weighted by atomic mass is 10.0. The summed E-state index contributed by atoms with van der Waals surface area (Å²) in [7, 11) is 0. The van der Waals surface area contributed by atoms with Crippen LogP contribution >= 0.6 is 0 Å². The van der Waals surface area contributed by atoms with Crippen molar-refractivity contribution in [3.05, 3.63) is 59.9 Å². The van der Waals surface area contributed by atoms with Gasteiger partial charge in [-0.15, -0.1) is 0 Å². The molecule has 0 saturated carbocycles. The van der Waals surface area contributed by atoms with Crippen molar-refractivity contribution in [3.8, 4) is 0 Å². The molecule has 0 saturated heterocycles. The fraction of sp³-hybridized carbons (Fsp3) is 0.714. The fourth-order valence-corrected chi connectivity index (χ4v) is 5.14. The zero-order chi connectivity index (χ0) is 26.1. The van der Waals surface area contributed by atoms with Crippen molar-refractivity contribution >= 4 is 0 Å². The summed E-state index contributed by atoms with van der Waals surface area (Å²) in [4.78, 5) is 0. The molecule has 0 unspecified atom stereocenters. The summed E-state index contributed by atoms with van der Waals surface area (Å²) in [6.07, 6.45) is 38.8. The number of allylic oxidation sites excluding steroid dienone is 7. The molecule has 0 fully saturated rings. The molecule has 0 aromatic rings. The molecule has 1 nitrogen and oxygen atoms in total. The molecule has 0 heterocycles. The monoisotopic (exact) mass is 495 g/mol. The minimum atomic E-state index is 1.03. The molecule has 1 aliphatic carbocycles. The van der Waals surface area contributed by atoms with Crippen LogP contribution in [-0.4, -0.2) is 6.54 Å². The molecule has 1 rings (SSSR count). The number of unbranched alkanes of at least 4 members (excludes halogenated alkanes) is 16. The summed E-state index contributed by atoms with van der Waals surface area (Å²) in [5.74, 6) is 0. The highest BCUT2D eigenvalue weighted by molar-refractivity contribution is 5.32. The Morgan fingerprint density at radius 1 is 0.806 bits per heavy atom. The zero-order valence-electron chi connectivity index (χ0n) is 24.5. The van der Waals surface area contributed by atoms with E-state index < -0.39 is 0 Å². The molecule has 1 heteroatoms. The van der Waals surface area contributed by atoms with E-state index in [2.05, 4.69) is 50.6 Å². The van der Waals surface area contributed by atoms with Gasteiger partial charge < -0.3 is 5.32 Å². The maximum absolute atomic E-state index is 4.25. The van der Waals surface area contributed by atoms with Gasteiger partial charge in [-0.3, -0.25) is 0 Å². The van der Waals surface area contributed by atoms with Crippen molar-refractivity contribution in [2.75, 3.05) is 6.54 Å². The molecule has 0 radical (unpaired) electrons. The van der Waals surface area contributed by atoms with Crippen LogP contribution in [0.3, 0.4) is 0 Å². The van der Waals surface area contributed by atoms with Crippen LogP contribution in [0.25, 0.3) is 0 Å². The molecule has 0 atom stereocenters. The Morgan fingerprint density at radius 3 is 1.83 bits per heavy atom. The Bertz CT molecular complexity index is 648. The van der Waals surface area contributed by atoms with Gasteiger partial charge in [0.05, 0.1) is 0 Å². The van der Waals surface area contributed by atoms with Crippen LogP contribution < -0.4 is 5.32 Å². The van der Waals surface area contributed by atoms with E-state index >= 15 is 0 Å². The van der Waals surface area contributed by atoms with Crippen LogP contribution in [0.15, 0.2) is 59.9 Å². The van der Waals surface area contributed by atoms with Gasteiger partial charge >= 0.3 is 0 Å². The molecular formula is C35H61N. The number of rotatable bonds is 25. The highest BCUT2D eigenvalue weighted by Gasteiger charge is 2.09. The molecular weight excluding hydrogens is 434 g/mol. The van der Waals surface area contributed by atoms with Gasteiger partial charge in [-0.2, -0.15) is 0 Å². The molecule has 0 amide bonds. The lowest BCUT2D eigenvalue weighted by Crippen LogP contribution is -2.14. The molecule has 36 heavy (non-hydrogen) atoms. The summed E-state index contributed by atoms with van der Waals surface area (Å²) in [5, 5.41) is 3.57. The number of hydrogen-bond acceptors (Lipinski definition) is 1. The van der Waals surface area contributed by atoms with Gasteiger partial charge in [0.25, 0.3) is 0 Å². The standard InChI is InChI=1S/C35H61N/c1-5-8-9-10-11-12-13-14-15-16-17-18-19-20-21-22-23-24-32(4)36-30-29-35-28-27-34(31-35)26-25-33(6-2)7-3/h6,25-26,28,36H,2,4-5,7-24,27,29-31H2,1,3H3/b33-25+,34-26-. The second kappa shape index (κ2) is 23.9. The van der Waals surface area contributed by atoms with Gasteiger partial charge in [-0.25, -0.2) is 0 Å². The second-order valence-corrected chi connectivity index (χ2v) is 11.1. The highest BCUT2D eigenvalue weighted by Crippen LogP contribution is 2.26. The van der Waals surface area contributed by atoms with E-state index in [1.807, 2.05) is 6.08 Å². The lowest BCUT2D eigenvalue weighted by Gasteiger charge is -2.10. The third-order valence-electron chi connectivity index (χ3n) is 7.71. The Kier molecular flexibility index (Phi) is 21.6. The van der Waals surface area contributed by atoms with Gasteiger partial charge in [-0.1, -0.05) is 165 Å². The van der Waals surface area contributed by atoms with Crippen molar-refractivity contribution in [2.45, 2.75) is 155 Å². The van der Waals surface area contributed by atoms with Crippen molar-refractivity contribution in [1.29, 1.82) is 0 Å². The van der Waals surface area contributed by atoms with Crippen molar-refractivity contribution in [1.82, 2.24) is 5.32 Å². The van der Waals surface area contributed by atoms with E-state index in [1.54, 1.807) is 5.57 Å². The quantitative estimate of drug-likeness (QED) is 0.0754. The Hall–Kier alpha value is -1.50. The summed E-state index contributed by atoms with van der Waals surface area (Å²) in [6.45, 7) is 13.7. The molecule has 0 spiro atoms. The first-order chi connectivity index (χ1) is 17.7. The summed E-state index contributed by atoms with van der Waals surface area (Å²) >= 11 is 0. The van der Waals surface area contributed by atoms with E-state index in [-0.39, 0.29) is 0 Å². The van der Waals surface area contributed by atoms with Gasteiger partial charge in [0, 0.05) is 12.2 Å². The smallest absolute Gasteiger partial charge is 0.0181 e. The molecule has 1 N–H and O–H groups in total. The van der Waals surface area contributed by atoms with Crippen LogP contribution in [0.1, 0.15) is 155 Å². The van der Waals surface area contributed by atoms with Gasteiger partial charge in [0.2, 0.25) is 0 Å². The number of hydrogen-bond donors (Lipinski definition) is 1. The Morgan fingerprint density at radius 2 is 1.33 bits per heavy atom. The predicted molar refractivity (Wildman–Crippen MR) is 165 cm³/mol. The highest BCUT2D eigenvalue weighted by atomic mass is 14.9. The molecule has 1 aliphatic rings. The average Bonchev–Trinajstić information content (AvgIpc) is 3.34. The van der Waals surface area contributed by atoms with Crippen molar-refractivity contribution in [3.63, 3.8) is 0 Å². The first kappa shape index (κ1) is 32.5. The summed E-state index contributed by atoms with van der Waals surface area (Å²) in [6, 6.07) is 0. The normalized spacial score (nSPS) is 14.9. The Labute approximate surface area is 226 Å². The van der Waals surface area contributed by atoms with E-state index in [1.165, 1.54) is 126 Å². The van der Waals surface area contributed by atoms with Crippen LogP contribution in [0.4, 0.5) is 0 Å². The fourth-order valence-electron chi connectivity index (χ4n) is 5.14. The van der Waals surface area contributed by atoms with Gasteiger partial charge in [-0.05, 0) is 44.1 Å². The van der Waals surface area contributed by atoms with Crippen LogP contribution in [-0.2, 0) is 0 Å². The van der Waals surface area contributed by atoms with Gasteiger partial charge in [0.15, 0.2) is 0 Å². The second-order valence-electron chi connectivity index (χ2n) is 11.1. The van der Waals surface area contributed by atoms with Crippen molar-refractivity contribution < 1.29 is 0 Å². The average molecular weight is 496 g/mol. The SMILES string of the molecule is C=C/C(=C\C=C1\CC=C(CCNC(=C)CCCCCCCCCCCCCCCCCCC)C1)CC. The summed E-state index contributed by atoms with van der Waals surface area (Å²) < 4.78 is 0. The van der Waals surface area contributed by atoms with E-state index in [0.29, 0.717) is 0 Å². The Balaban J connectivity index is 1.85. The molecule has 0 aliphatic heterocycles. The third kappa shape index (κ3) is 18.7. The molecule has 0 aromatic heterocycles. The molecule has 0 bridgehead atoms. The predicted octanol–water partition coefficient (Wildman–Crippen LogP) is 11.7. The van der Waals surface area contributed by atoms with Crippen LogP contribution in [0.5, 0.6) is 0 Å². The third-order valence-corrected chi connectivity index (χ3v) is 7.71. The first-order valence-electron chi connectivity index (χ1n) is 15.8. The van der Waals surface area contributed by atoms with Crippen molar-refractivity contribution in [2.24, 2.45) is 0 Å². The molecule has 0 aromatic carbocycles. The topological polar surface area (TPSA) is 12.0 Å². The van der Waals surface area contributed by atoms with E-state index in [0.717, 1.165) is 38.6 Å². The van der Waals surface area contributed by atoms with Crippen LogP contribution in [0.2, 0.25) is 0 Å². The largest absolute Gasteiger partial charge is 0.388 e. The zero-order valence-corrected chi connectivity index (χ0v) is 24.5.